The van der Waals surface area contributed by atoms with E-state index in [-0.39, 0.29) is 10.8 Å². The summed E-state index contributed by atoms with van der Waals surface area (Å²) in [6.45, 7) is 12.5. The van der Waals surface area contributed by atoms with Crippen molar-refractivity contribution in [2.45, 2.75) is 53.4 Å². The van der Waals surface area contributed by atoms with Crippen molar-refractivity contribution in [1.29, 1.82) is 0 Å². The third-order valence-electron chi connectivity index (χ3n) is 5.02. The van der Waals surface area contributed by atoms with Crippen LogP contribution < -0.4 is 10.2 Å². The molecule has 1 aromatic heterocycles. The average molecular weight is 349 g/mol. The summed E-state index contributed by atoms with van der Waals surface area (Å²) in [5.74, 6) is 1.49. The van der Waals surface area contributed by atoms with E-state index >= 15 is 0 Å². The Kier molecular flexibility index (Phi) is 4.66. The number of aromatic amines is 1. The van der Waals surface area contributed by atoms with E-state index in [1.54, 1.807) is 0 Å². The molecule has 1 N–H and O–H groups in total. The van der Waals surface area contributed by atoms with Crippen molar-refractivity contribution in [3.63, 3.8) is 0 Å². The van der Waals surface area contributed by atoms with Gasteiger partial charge in [-0.15, -0.1) is 0 Å². The average Bonchev–Trinajstić information content (AvgIpc) is 2.60. The van der Waals surface area contributed by atoms with E-state index in [0.29, 0.717) is 5.39 Å². The zero-order chi connectivity index (χ0) is 19.1. The van der Waals surface area contributed by atoms with Crippen LogP contribution in [0.3, 0.4) is 0 Å². The highest BCUT2D eigenvalue weighted by Gasteiger charge is 2.15. The zero-order valence-electron chi connectivity index (χ0n) is 16.5. The van der Waals surface area contributed by atoms with Gasteiger partial charge in [0.05, 0.1) is 10.9 Å². The van der Waals surface area contributed by atoms with Gasteiger partial charge < -0.3 is 9.72 Å². The fourth-order valence-corrected chi connectivity index (χ4v) is 3.28. The van der Waals surface area contributed by atoms with Gasteiger partial charge in [-0.05, 0) is 55.5 Å². The van der Waals surface area contributed by atoms with E-state index in [1.807, 2.05) is 38.1 Å². The van der Waals surface area contributed by atoms with Gasteiger partial charge in [0.15, 0.2) is 5.43 Å². The quantitative estimate of drug-likeness (QED) is 0.649. The molecule has 136 valence electrons. The highest BCUT2D eigenvalue weighted by Crippen LogP contribution is 2.31. The van der Waals surface area contributed by atoms with Gasteiger partial charge >= 0.3 is 0 Å². The van der Waals surface area contributed by atoms with Gasteiger partial charge in [0.25, 0.3) is 0 Å². The van der Waals surface area contributed by atoms with Crippen LogP contribution in [0.15, 0.2) is 41.2 Å². The molecule has 0 fully saturated rings. The molecule has 0 aliphatic heterocycles. The highest BCUT2D eigenvalue weighted by molar-refractivity contribution is 5.85. The van der Waals surface area contributed by atoms with Crippen LogP contribution in [0.25, 0.3) is 10.9 Å². The van der Waals surface area contributed by atoms with Crippen molar-refractivity contribution in [2.24, 2.45) is 0 Å². The standard InChI is InChI=1S/C23H27NO2/c1-7-18-14(2)22(25)21-15(3)20(13-12-19(21)24-18)26-17-10-8-16(9-11-17)23(4,5)6/h8-13H,7H2,1-6H3,(H,24,25). The Labute approximate surface area is 155 Å². The second kappa shape index (κ2) is 6.64. The predicted molar refractivity (Wildman–Crippen MR) is 109 cm³/mol. The molecular weight excluding hydrogens is 322 g/mol. The number of H-pyrrole nitrogens is 1. The third kappa shape index (κ3) is 3.26. The molecule has 0 saturated heterocycles. The third-order valence-corrected chi connectivity index (χ3v) is 5.02. The first-order valence-electron chi connectivity index (χ1n) is 9.16. The summed E-state index contributed by atoms with van der Waals surface area (Å²) in [6.07, 6.45) is 0.814. The number of aromatic nitrogens is 1. The Hall–Kier alpha value is -2.55. The van der Waals surface area contributed by atoms with Crippen molar-refractivity contribution in [1.82, 2.24) is 4.98 Å². The smallest absolute Gasteiger partial charge is 0.192 e. The summed E-state index contributed by atoms with van der Waals surface area (Å²) in [6, 6.07) is 12.0. The largest absolute Gasteiger partial charge is 0.457 e. The minimum Gasteiger partial charge on any atom is -0.457 e. The van der Waals surface area contributed by atoms with Crippen LogP contribution in [-0.4, -0.2) is 4.98 Å². The van der Waals surface area contributed by atoms with Crippen LogP contribution in [0.2, 0.25) is 0 Å². The summed E-state index contributed by atoms with van der Waals surface area (Å²) in [5, 5.41) is 0.712. The summed E-state index contributed by atoms with van der Waals surface area (Å²) < 4.78 is 6.08. The van der Waals surface area contributed by atoms with E-state index in [1.165, 1.54) is 5.56 Å². The van der Waals surface area contributed by atoms with Crippen LogP contribution in [0.5, 0.6) is 11.5 Å². The molecule has 0 spiro atoms. The second-order valence-electron chi connectivity index (χ2n) is 7.90. The van der Waals surface area contributed by atoms with Crippen molar-refractivity contribution >= 4 is 10.9 Å². The minimum atomic E-state index is 0.0848. The van der Waals surface area contributed by atoms with Gasteiger partial charge in [-0.3, -0.25) is 4.79 Å². The van der Waals surface area contributed by atoms with E-state index in [0.717, 1.165) is 40.3 Å². The first-order chi connectivity index (χ1) is 12.2. The number of nitrogens with one attached hydrogen (secondary N) is 1. The van der Waals surface area contributed by atoms with Gasteiger partial charge in [-0.25, -0.2) is 0 Å². The highest BCUT2D eigenvalue weighted by atomic mass is 16.5. The summed E-state index contributed by atoms with van der Waals surface area (Å²) in [4.78, 5) is 16.2. The van der Waals surface area contributed by atoms with Gasteiger partial charge in [0.1, 0.15) is 11.5 Å². The molecule has 0 bridgehead atoms. The lowest BCUT2D eigenvalue weighted by molar-refractivity contribution is 0.478. The summed E-state index contributed by atoms with van der Waals surface area (Å²) in [7, 11) is 0. The number of ether oxygens (including phenoxy) is 1. The molecule has 0 unspecified atom stereocenters. The van der Waals surface area contributed by atoms with Crippen LogP contribution in [0.4, 0.5) is 0 Å². The van der Waals surface area contributed by atoms with Gasteiger partial charge in [-0.2, -0.15) is 0 Å². The molecule has 2 aromatic carbocycles. The predicted octanol–water partition coefficient (Wildman–Crippen LogP) is 5.80. The van der Waals surface area contributed by atoms with Gasteiger partial charge in [-0.1, -0.05) is 39.8 Å². The molecular formula is C23H27NO2. The molecule has 3 nitrogen and oxygen atoms in total. The second-order valence-corrected chi connectivity index (χ2v) is 7.90. The maximum absolute atomic E-state index is 12.8. The molecule has 1 heterocycles. The lowest BCUT2D eigenvalue weighted by Gasteiger charge is -2.19. The van der Waals surface area contributed by atoms with E-state index in [4.69, 9.17) is 4.74 Å². The Morgan fingerprint density at radius 3 is 2.19 bits per heavy atom. The lowest BCUT2D eigenvalue weighted by atomic mass is 9.87. The Balaban J connectivity index is 2.03. The monoisotopic (exact) mass is 349 g/mol. The molecule has 26 heavy (non-hydrogen) atoms. The summed E-state index contributed by atoms with van der Waals surface area (Å²) in [5.41, 5.74) is 4.97. The molecule has 3 aromatic rings. The molecule has 0 amide bonds. The normalized spacial score (nSPS) is 11.8. The van der Waals surface area contributed by atoms with E-state index < -0.39 is 0 Å². The number of pyridine rings is 1. The van der Waals surface area contributed by atoms with Crippen LogP contribution >= 0.6 is 0 Å². The van der Waals surface area contributed by atoms with E-state index in [9.17, 15) is 4.79 Å². The number of benzene rings is 2. The Morgan fingerprint density at radius 1 is 0.962 bits per heavy atom. The minimum absolute atomic E-state index is 0.0848. The molecule has 3 heteroatoms. The van der Waals surface area contributed by atoms with Crippen LogP contribution in [-0.2, 0) is 11.8 Å². The van der Waals surface area contributed by atoms with Gasteiger partial charge in [0.2, 0.25) is 0 Å². The first kappa shape index (κ1) is 18.2. The van der Waals surface area contributed by atoms with Crippen molar-refractivity contribution in [2.75, 3.05) is 0 Å². The molecule has 0 aliphatic carbocycles. The number of rotatable bonds is 3. The fraction of sp³-hybridized carbons (Fsp3) is 0.348. The SMILES string of the molecule is CCc1[nH]c2ccc(Oc3ccc(C(C)(C)C)cc3)c(C)c2c(=O)c1C. The van der Waals surface area contributed by atoms with Crippen molar-refractivity contribution in [3.8, 4) is 11.5 Å². The zero-order valence-corrected chi connectivity index (χ0v) is 16.5. The first-order valence-corrected chi connectivity index (χ1v) is 9.16. The fourth-order valence-electron chi connectivity index (χ4n) is 3.28. The van der Waals surface area contributed by atoms with E-state index in [2.05, 4.69) is 44.8 Å². The Morgan fingerprint density at radius 2 is 1.62 bits per heavy atom. The van der Waals surface area contributed by atoms with Crippen molar-refractivity contribution < 1.29 is 4.74 Å². The number of aryl methyl sites for hydroxylation is 2. The molecule has 0 atom stereocenters. The van der Waals surface area contributed by atoms with Crippen LogP contribution in [0, 0.1) is 13.8 Å². The molecule has 3 rings (SSSR count). The van der Waals surface area contributed by atoms with Crippen molar-refractivity contribution in [3.05, 3.63) is 69.0 Å². The number of hydrogen-bond acceptors (Lipinski definition) is 2. The topological polar surface area (TPSA) is 42.1 Å². The maximum atomic E-state index is 12.8. The number of fused-ring (bicyclic) bond motifs is 1. The number of hydrogen-bond donors (Lipinski definition) is 1. The molecule has 0 saturated carbocycles. The summed E-state index contributed by atoms with van der Waals surface area (Å²) >= 11 is 0. The molecule has 0 aliphatic rings. The maximum Gasteiger partial charge on any atom is 0.192 e. The lowest BCUT2D eigenvalue weighted by Crippen LogP contribution is -2.12. The Bertz CT molecular complexity index is 1010. The molecule has 0 radical (unpaired) electrons. The van der Waals surface area contributed by atoms with Crippen LogP contribution in [0.1, 0.15) is 50.1 Å². The van der Waals surface area contributed by atoms with Gasteiger partial charge in [0, 0.05) is 16.8 Å².